The van der Waals surface area contributed by atoms with E-state index in [1.54, 1.807) is 12.3 Å². The van der Waals surface area contributed by atoms with E-state index in [1.807, 2.05) is 18.7 Å². The van der Waals surface area contributed by atoms with E-state index in [2.05, 4.69) is 15.6 Å². The normalized spacial score (nSPS) is 15.9. The summed E-state index contributed by atoms with van der Waals surface area (Å²) in [6.07, 6.45) is 3.93. The van der Waals surface area contributed by atoms with Crippen molar-refractivity contribution in [2.75, 3.05) is 29.9 Å². The molecule has 1 aliphatic heterocycles. The second-order valence-corrected chi connectivity index (χ2v) is 6.48. The molecular weight excluding hydrogens is 294 g/mol. The number of anilines is 1. The lowest BCUT2D eigenvalue weighted by atomic mass is 10.0. The number of nitrogens with one attached hydrogen (secondary N) is 2. The van der Waals surface area contributed by atoms with Crippen molar-refractivity contribution in [3.05, 3.63) is 22.8 Å². The van der Waals surface area contributed by atoms with Crippen LogP contribution in [0, 0.1) is 5.92 Å². The zero-order valence-corrected chi connectivity index (χ0v) is 13.2. The lowest BCUT2D eigenvalue weighted by Gasteiger charge is -2.21. The number of carbonyl (C=O) groups excluding carboxylic acids is 1. The summed E-state index contributed by atoms with van der Waals surface area (Å²) in [5.74, 6) is 3.52. The summed E-state index contributed by atoms with van der Waals surface area (Å²) in [7, 11) is 0. The number of nitrogens with zero attached hydrogens (tertiary/aromatic N) is 1. The standard InChI is InChI=1S/C14H20ClN3OS/c1-2-16-13-12(15)7-11(9-17-13)14(19)18-8-10-3-5-20-6-4-10/h7,9-10H,2-6,8H2,1H3,(H,16,17)(H,18,19). The van der Waals surface area contributed by atoms with Crippen LogP contribution in [0.4, 0.5) is 5.82 Å². The van der Waals surface area contributed by atoms with Crippen LogP contribution in [-0.2, 0) is 0 Å². The number of hydrogen-bond acceptors (Lipinski definition) is 4. The van der Waals surface area contributed by atoms with Crippen molar-refractivity contribution in [3.8, 4) is 0 Å². The smallest absolute Gasteiger partial charge is 0.252 e. The Balaban J connectivity index is 1.89. The first-order valence-corrected chi connectivity index (χ1v) is 8.49. The molecule has 0 radical (unpaired) electrons. The molecule has 0 unspecified atom stereocenters. The van der Waals surface area contributed by atoms with E-state index in [0.717, 1.165) is 13.1 Å². The second kappa shape index (κ2) is 7.74. The quantitative estimate of drug-likeness (QED) is 0.877. The van der Waals surface area contributed by atoms with Gasteiger partial charge in [-0.25, -0.2) is 4.98 Å². The Morgan fingerprint density at radius 2 is 2.25 bits per heavy atom. The average molecular weight is 314 g/mol. The molecule has 4 nitrogen and oxygen atoms in total. The number of hydrogen-bond donors (Lipinski definition) is 2. The molecule has 1 saturated heterocycles. The highest BCUT2D eigenvalue weighted by Gasteiger charge is 2.15. The summed E-state index contributed by atoms with van der Waals surface area (Å²) >= 11 is 8.08. The molecule has 110 valence electrons. The van der Waals surface area contributed by atoms with E-state index in [9.17, 15) is 4.79 Å². The molecule has 20 heavy (non-hydrogen) atoms. The van der Waals surface area contributed by atoms with Crippen LogP contribution < -0.4 is 10.6 Å². The van der Waals surface area contributed by atoms with Crippen LogP contribution in [0.1, 0.15) is 30.1 Å². The fraction of sp³-hybridized carbons (Fsp3) is 0.571. The summed E-state index contributed by atoms with van der Waals surface area (Å²) in [6, 6.07) is 1.67. The molecule has 1 aromatic rings. The van der Waals surface area contributed by atoms with Gasteiger partial charge < -0.3 is 10.6 Å². The molecule has 0 bridgehead atoms. The van der Waals surface area contributed by atoms with Crippen LogP contribution >= 0.6 is 23.4 Å². The van der Waals surface area contributed by atoms with Gasteiger partial charge in [0.25, 0.3) is 5.91 Å². The van der Waals surface area contributed by atoms with Gasteiger partial charge in [0.2, 0.25) is 0 Å². The molecule has 1 fully saturated rings. The Morgan fingerprint density at radius 3 is 2.90 bits per heavy atom. The summed E-state index contributed by atoms with van der Waals surface area (Å²) in [6.45, 7) is 3.46. The highest BCUT2D eigenvalue weighted by Crippen LogP contribution is 2.22. The summed E-state index contributed by atoms with van der Waals surface area (Å²) in [5.41, 5.74) is 0.516. The number of aromatic nitrogens is 1. The molecule has 0 spiro atoms. The van der Waals surface area contributed by atoms with Gasteiger partial charge in [0.05, 0.1) is 10.6 Å². The number of halogens is 1. The Labute approximate surface area is 129 Å². The first-order chi connectivity index (χ1) is 9.70. The number of rotatable bonds is 5. The van der Waals surface area contributed by atoms with E-state index < -0.39 is 0 Å². The number of thioether (sulfide) groups is 1. The number of carbonyl (C=O) groups is 1. The molecule has 2 rings (SSSR count). The maximum atomic E-state index is 12.1. The van der Waals surface area contributed by atoms with Crippen molar-refractivity contribution in [2.24, 2.45) is 5.92 Å². The predicted octanol–water partition coefficient (Wildman–Crippen LogP) is 3.04. The highest BCUT2D eigenvalue weighted by molar-refractivity contribution is 7.99. The predicted molar refractivity (Wildman–Crippen MR) is 85.8 cm³/mol. The Kier molecular flexibility index (Phi) is 5.98. The van der Waals surface area contributed by atoms with Crippen molar-refractivity contribution in [1.29, 1.82) is 0 Å². The lowest BCUT2D eigenvalue weighted by molar-refractivity contribution is 0.0946. The minimum absolute atomic E-state index is 0.0966. The Bertz CT molecular complexity index is 464. The van der Waals surface area contributed by atoms with Gasteiger partial charge in [0.1, 0.15) is 5.82 Å². The first kappa shape index (κ1) is 15.4. The molecule has 0 aliphatic carbocycles. The zero-order chi connectivity index (χ0) is 14.4. The van der Waals surface area contributed by atoms with Crippen LogP contribution in [0.25, 0.3) is 0 Å². The summed E-state index contributed by atoms with van der Waals surface area (Å²) in [5, 5.41) is 6.51. The van der Waals surface area contributed by atoms with Gasteiger partial charge in [-0.3, -0.25) is 4.79 Å². The minimum Gasteiger partial charge on any atom is -0.369 e. The fourth-order valence-electron chi connectivity index (χ4n) is 2.15. The molecule has 0 aromatic carbocycles. The molecule has 6 heteroatoms. The summed E-state index contributed by atoms with van der Waals surface area (Å²) in [4.78, 5) is 16.2. The highest BCUT2D eigenvalue weighted by atomic mass is 35.5. The molecule has 1 amide bonds. The third-order valence-electron chi connectivity index (χ3n) is 3.34. The maximum absolute atomic E-state index is 12.1. The van der Waals surface area contributed by atoms with Gasteiger partial charge in [0.15, 0.2) is 0 Å². The van der Waals surface area contributed by atoms with Gasteiger partial charge in [-0.2, -0.15) is 11.8 Å². The van der Waals surface area contributed by atoms with Crippen LogP contribution in [0.15, 0.2) is 12.3 Å². The van der Waals surface area contributed by atoms with Crippen LogP contribution in [0.3, 0.4) is 0 Å². The molecule has 1 aromatic heterocycles. The van der Waals surface area contributed by atoms with E-state index >= 15 is 0 Å². The monoisotopic (exact) mass is 313 g/mol. The van der Waals surface area contributed by atoms with Gasteiger partial charge in [-0.15, -0.1) is 0 Å². The molecule has 1 aliphatic rings. The Hall–Kier alpha value is -0.940. The van der Waals surface area contributed by atoms with Gasteiger partial charge >= 0.3 is 0 Å². The number of amides is 1. The van der Waals surface area contributed by atoms with E-state index in [4.69, 9.17) is 11.6 Å². The molecular formula is C14H20ClN3OS. The fourth-order valence-corrected chi connectivity index (χ4v) is 3.59. The lowest BCUT2D eigenvalue weighted by Crippen LogP contribution is -2.31. The van der Waals surface area contributed by atoms with E-state index in [-0.39, 0.29) is 5.91 Å². The molecule has 0 saturated carbocycles. The van der Waals surface area contributed by atoms with Crippen molar-refractivity contribution < 1.29 is 4.79 Å². The van der Waals surface area contributed by atoms with Gasteiger partial charge in [0, 0.05) is 19.3 Å². The van der Waals surface area contributed by atoms with Gasteiger partial charge in [-0.05, 0) is 43.3 Å². The molecule has 2 heterocycles. The Morgan fingerprint density at radius 1 is 1.50 bits per heavy atom. The number of pyridine rings is 1. The van der Waals surface area contributed by atoms with Crippen molar-refractivity contribution in [1.82, 2.24) is 10.3 Å². The zero-order valence-electron chi connectivity index (χ0n) is 11.6. The van der Waals surface area contributed by atoms with Crippen LogP contribution in [0.5, 0.6) is 0 Å². The average Bonchev–Trinajstić information content (AvgIpc) is 2.48. The van der Waals surface area contributed by atoms with E-state index in [1.165, 1.54) is 24.3 Å². The van der Waals surface area contributed by atoms with Crippen molar-refractivity contribution in [3.63, 3.8) is 0 Å². The van der Waals surface area contributed by atoms with Crippen LogP contribution in [0.2, 0.25) is 5.02 Å². The maximum Gasteiger partial charge on any atom is 0.252 e. The molecule has 0 atom stereocenters. The third kappa shape index (κ3) is 4.28. The first-order valence-electron chi connectivity index (χ1n) is 6.96. The topological polar surface area (TPSA) is 54.0 Å². The van der Waals surface area contributed by atoms with Gasteiger partial charge in [-0.1, -0.05) is 11.6 Å². The van der Waals surface area contributed by atoms with Crippen molar-refractivity contribution in [2.45, 2.75) is 19.8 Å². The van der Waals surface area contributed by atoms with Crippen LogP contribution in [-0.4, -0.2) is 35.5 Å². The minimum atomic E-state index is -0.0966. The van der Waals surface area contributed by atoms with Crippen molar-refractivity contribution >= 4 is 35.1 Å². The molecule has 2 N–H and O–H groups in total. The second-order valence-electron chi connectivity index (χ2n) is 4.85. The SMILES string of the molecule is CCNc1ncc(C(=O)NCC2CCSCC2)cc1Cl. The van der Waals surface area contributed by atoms with E-state index in [0.29, 0.717) is 22.3 Å². The largest absolute Gasteiger partial charge is 0.369 e. The summed E-state index contributed by atoms with van der Waals surface area (Å²) < 4.78 is 0. The third-order valence-corrected chi connectivity index (χ3v) is 4.68.